The molecule has 0 atom stereocenters. The standard InChI is InChI=1S/C25H25BrN6O/c1-31(25(33)21-9-4-5-12-27-21)14-6-13-28-23-15-22(30-24-20(26)16-29-32(23)24)19-8-3-2-7-18(19)17-10-11-17/h2-5,7-9,12,15-17,28H,6,10-11,13-14H2,1H3. The number of nitrogens with zero attached hydrogens (tertiary/aromatic N) is 5. The predicted octanol–water partition coefficient (Wildman–Crippen LogP) is 5.01. The van der Waals surface area contributed by atoms with Gasteiger partial charge in [0, 0.05) is 38.0 Å². The highest BCUT2D eigenvalue weighted by atomic mass is 79.9. The number of fused-ring (bicyclic) bond motifs is 1. The molecule has 1 aliphatic carbocycles. The van der Waals surface area contributed by atoms with Crippen molar-refractivity contribution in [2.45, 2.75) is 25.2 Å². The molecule has 5 rings (SSSR count). The van der Waals surface area contributed by atoms with Gasteiger partial charge in [-0.3, -0.25) is 9.78 Å². The molecule has 0 unspecified atom stereocenters. The van der Waals surface area contributed by atoms with E-state index in [0.717, 1.165) is 28.1 Å². The van der Waals surface area contributed by atoms with Crippen molar-refractivity contribution in [2.75, 3.05) is 25.5 Å². The third-order valence-corrected chi connectivity index (χ3v) is 6.45. The van der Waals surface area contributed by atoms with Crippen molar-refractivity contribution in [3.05, 3.63) is 76.7 Å². The highest BCUT2D eigenvalue weighted by molar-refractivity contribution is 9.10. The van der Waals surface area contributed by atoms with E-state index in [1.807, 2.05) is 10.6 Å². The fourth-order valence-corrected chi connectivity index (χ4v) is 4.35. The molecule has 168 valence electrons. The lowest BCUT2D eigenvalue weighted by Crippen LogP contribution is -2.29. The largest absolute Gasteiger partial charge is 0.370 e. The van der Waals surface area contributed by atoms with Crippen molar-refractivity contribution in [2.24, 2.45) is 0 Å². The maximum atomic E-state index is 12.5. The minimum atomic E-state index is -0.0723. The molecule has 1 fully saturated rings. The van der Waals surface area contributed by atoms with Crippen LogP contribution in [0.3, 0.4) is 0 Å². The summed E-state index contributed by atoms with van der Waals surface area (Å²) in [4.78, 5) is 23.2. The molecule has 3 aromatic heterocycles. The molecule has 4 aromatic rings. The van der Waals surface area contributed by atoms with Crippen LogP contribution in [0.15, 0.2) is 65.4 Å². The van der Waals surface area contributed by atoms with Crippen molar-refractivity contribution in [3.63, 3.8) is 0 Å². The van der Waals surface area contributed by atoms with Crippen molar-refractivity contribution in [1.29, 1.82) is 0 Å². The van der Waals surface area contributed by atoms with Crippen LogP contribution in [0.4, 0.5) is 5.82 Å². The Bertz CT molecular complexity index is 1280. The first kappa shape index (κ1) is 21.6. The predicted molar refractivity (Wildman–Crippen MR) is 132 cm³/mol. The minimum absolute atomic E-state index is 0.0723. The average molecular weight is 505 g/mol. The topological polar surface area (TPSA) is 75.4 Å². The summed E-state index contributed by atoms with van der Waals surface area (Å²) in [6.07, 6.45) is 6.67. The Morgan fingerprint density at radius 2 is 2.03 bits per heavy atom. The van der Waals surface area contributed by atoms with Gasteiger partial charge in [0.2, 0.25) is 0 Å². The van der Waals surface area contributed by atoms with E-state index in [0.29, 0.717) is 24.7 Å². The maximum Gasteiger partial charge on any atom is 0.272 e. The van der Waals surface area contributed by atoms with E-state index >= 15 is 0 Å². The van der Waals surface area contributed by atoms with Gasteiger partial charge in [0.05, 0.1) is 16.4 Å². The molecule has 1 N–H and O–H groups in total. The molecule has 7 nitrogen and oxygen atoms in total. The molecule has 0 radical (unpaired) electrons. The summed E-state index contributed by atoms with van der Waals surface area (Å²) >= 11 is 3.58. The Hall–Kier alpha value is -3.26. The number of rotatable bonds is 8. The lowest BCUT2D eigenvalue weighted by molar-refractivity contribution is 0.0789. The molecule has 0 bridgehead atoms. The Morgan fingerprint density at radius 3 is 2.82 bits per heavy atom. The Balaban J connectivity index is 1.32. The molecule has 33 heavy (non-hydrogen) atoms. The van der Waals surface area contributed by atoms with Crippen molar-refractivity contribution < 1.29 is 4.79 Å². The summed E-state index contributed by atoms with van der Waals surface area (Å²) in [5.41, 5.74) is 4.73. The van der Waals surface area contributed by atoms with Gasteiger partial charge in [0.15, 0.2) is 5.65 Å². The summed E-state index contributed by atoms with van der Waals surface area (Å²) in [5.74, 6) is 1.44. The lowest BCUT2D eigenvalue weighted by Gasteiger charge is -2.17. The lowest BCUT2D eigenvalue weighted by atomic mass is 10.0. The molecular formula is C25H25BrN6O. The number of carbonyl (C=O) groups excluding carboxylic acids is 1. The van der Waals surface area contributed by atoms with Crippen LogP contribution < -0.4 is 5.32 Å². The maximum absolute atomic E-state index is 12.5. The molecule has 0 saturated heterocycles. The van der Waals surface area contributed by atoms with Crippen LogP contribution in [0.5, 0.6) is 0 Å². The van der Waals surface area contributed by atoms with Crippen LogP contribution in [0, 0.1) is 0 Å². The summed E-state index contributed by atoms with van der Waals surface area (Å²) in [7, 11) is 1.80. The fourth-order valence-electron chi connectivity index (χ4n) is 4.00. The molecule has 0 spiro atoms. The van der Waals surface area contributed by atoms with E-state index in [1.165, 1.54) is 24.0 Å². The highest BCUT2D eigenvalue weighted by Gasteiger charge is 2.26. The summed E-state index contributed by atoms with van der Waals surface area (Å²) in [6, 6.07) is 16.0. The minimum Gasteiger partial charge on any atom is -0.370 e. The van der Waals surface area contributed by atoms with Crippen LogP contribution >= 0.6 is 15.9 Å². The first-order valence-electron chi connectivity index (χ1n) is 11.2. The van der Waals surface area contributed by atoms with Crippen LogP contribution in [-0.4, -0.2) is 50.5 Å². The quantitative estimate of drug-likeness (QED) is 0.341. The van der Waals surface area contributed by atoms with Crippen molar-refractivity contribution in [1.82, 2.24) is 24.5 Å². The molecule has 1 aliphatic rings. The normalized spacial score (nSPS) is 13.3. The molecular weight excluding hydrogens is 480 g/mol. The fraction of sp³-hybridized carbons (Fsp3) is 0.280. The first-order valence-corrected chi connectivity index (χ1v) is 11.9. The SMILES string of the molecule is CN(CCCNc1cc(-c2ccccc2C2CC2)nc2c(Br)cnn12)C(=O)c1ccccn1. The summed E-state index contributed by atoms with van der Waals surface area (Å²) < 4.78 is 2.67. The Labute approximate surface area is 201 Å². The molecule has 0 aliphatic heterocycles. The number of nitrogens with one attached hydrogen (secondary N) is 1. The van der Waals surface area contributed by atoms with Gasteiger partial charge in [0.25, 0.3) is 5.91 Å². The average Bonchev–Trinajstić information content (AvgIpc) is 3.64. The zero-order chi connectivity index (χ0) is 22.8. The van der Waals surface area contributed by atoms with Gasteiger partial charge in [-0.15, -0.1) is 0 Å². The molecule has 3 heterocycles. The van der Waals surface area contributed by atoms with Crippen LogP contribution in [0.2, 0.25) is 0 Å². The van der Waals surface area contributed by atoms with Gasteiger partial charge in [-0.25, -0.2) is 4.98 Å². The van der Waals surface area contributed by atoms with E-state index in [2.05, 4.69) is 61.7 Å². The van der Waals surface area contributed by atoms with Crippen molar-refractivity contribution in [3.8, 4) is 11.3 Å². The number of halogens is 1. The monoisotopic (exact) mass is 504 g/mol. The molecule has 8 heteroatoms. The molecule has 1 amide bonds. The van der Waals surface area contributed by atoms with Gasteiger partial charge >= 0.3 is 0 Å². The Morgan fingerprint density at radius 1 is 1.21 bits per heavy atom. The van der Waals surface area contributed by atoms with E-state index in [9.17, 15) is 4.79 Å². The van der Waals surface area contributed by atoms with Gasteiger partial charge in [0.1, 0.15) is 11.5 Å². The smallest absolute Gasteiger partial charge is 0.272 e. The summed E-state index contributed by atoms with van der Waals surface area (Å²) in [5, 5.41) is 7.97. The number of aromatic nitrogens is 4. The highest BCUT2D eigenvalue weighted by Crippen LogP contribution is 2.44. The van der Waals surface area contributed by atoms with Gasteiger partial charge in [-0.1, -0.05) is 30.3 Å². The zero-order valence-electron chi connectivity index (χ0n) is 18.4. The number of pyridine rings is 1. The third kappa shape index (κ3) is 4.61. The first-order chi connectivity index (χ1) is 16.1. The van der Waals surface area contributed by atoms with Crippen LogP contribution in [0.25, 0.3) is 16.9 Å². The Kier molecular flexibility index (Phi) is 6.09. The second-order valence-electron chi connectivity index (χ2n) is 8.34. The van der Waals surface area contributed by atoms with Crippen LogP contribution in [0.1, 0.15) is 41.2 Å². The van der Waals surface area contributed by atoms with E-state index in [-0.39, 0.29) is 5.91 Å². The second kappa shape index (κ2) is 9.31. The van der Waals surface area contributed by atoms with E-state index in [1.54, 1.807) is 36.5 Å². The van der Waals surface area contributed by atoms with Gasteiger partial charge in [-0.05, 0) is 58.8 Å². The van der Waals surface area contributed by atoms with E-state index in [4.69, 9.17) is 4.98 Å². The van der Waals surface area contributed by atoms with E-state index < -0.39 is 0 Å². The zero-order valence-corrected chi connectivity index (χ0v) is 20.0. The number of benzene rings is 1. The number of hydrogen-bond donors (Lipinski definition) is 1. The molecule has 1 saturated carbocycles. The molecule has 1 aromatic carbocycles. The second-order valence-corrected chi connectivity index (χ2v) is 9.19. The summed E-state index contributed by atoms with van der Waals surface area (Å²) in [6.45, 7) is 1.32. The van der Waals surface area contributed by atoms with Crippen molar-refractivity contribution >= 4 is 33.3 Å². The number of amides is 1. The van der Waals surface area contributed by atoms with Gasteiger partial charge in [-0.2, -0.15) is 9.61 Å². The number of anilines is 1. The van der Waals surface area contributed by atoms with Crippen LogP contribution in [-0.2, 0) is 0 Å². The third-order valence-electron chi connectivity index (χ3n) is 5.89. The number of hydrogen-bond acceptors (Lipinski definition) is 5. The number of carbonyl (C=O) groups is 1. The van der Waals surface area contributed by atoms with Gasteiger partial charge < -0.3 is 10.2 Å².